The molecule has 2 rings (SSSR count). The number of hydrogen-bond acceptors (Lipinski definition) is 2. The second-order valence-electron chi connectivity index (χ2n) is 4.55. The average Bonchev–Trinajstić information content (AvgIpc) is 2.48. The Kier molecular flexibility index (Phi) is 5.50. The summed E-state index contributed by atoms with van der Waals surface area (Å²) in [6.07, 6.45) is 4.06. The van der Waals surface area contributed by atoms with Gasteiger partial charge in [-0.1, -0.05) is 55.8 Å². The number of hydrazone groups is 1. The quantitative estimate of drug-likeness (QED) is 0.382. The third kappa shape index (κ3) is 4.03. The van der Waals surface area contributed by atoms with E-state index in [1.807, 2.05) is 24.3 Å². The summed E-state index contributed by atoms with van der Waals surface area (Å²) in [5.41, 5.74) is 3.92. The Balaban J connectivity index is 1.98. The Labute approximate surface area is 125 Å². The van der Waals surface area contributed by atoms with Crippen molar-refractivity contribution in [2.75, 3.05) is 6.54 Å². The molecular formula is C16H19N3S. The van der Waals surface area contributed by atoms with E-state index < -0.39 is 0 Å². The molecule has 0 amide bonds. The van der Waals surface area contributed by atoms with E-state index in [1.165, 1.54) is 10.8 Å². The van der Waals surface area contributed by atoms with Crippen LogP contribution in [-0.4, -0.2) is 17.9 Å². The van der Waals surface area contributed by atoms with E-state index in [-0.39, 0.29) is 0 Å². The van der Waals surface area contributed by atoms with Crippen LogP contribution in [0.4, 0.5) is 0 Å². The fourth-order valence-electron chi connectivity index (χ4n) is 1.94. The molecule has 0 fully saturated rings. The van der Waals surface area contributed by atoms with E-state index in [9.17, 15) is 0 Å². The van der Waals surface area contributed by atoms with Crippen molar-refractivity contribution in [3.63, 3.8) is 0 Å². The first kappa shape index (κ1) is 14.5. The smallest absolute Gasteiger partial charge is 0.186 e. The second kappa shape index (κ2) is 7.60. The fourth-order valence-corrected chi connectivity index (χ4v) is 2.10. The molecule has 2 aromatic carbocycles. The number of benzene rings is 2. The lowest BCUT2D eigenvalue weighted by molar-refractivity contribution is 0.745. The van der Waals surface area contributed by atoms with Crippen molar-refractivity contribution in [2.45, 2.75) is 19.8 Å². The molecule has 0 aliphatic rings. The molecule has 0 bridgehead atoms. The first-order valence-electron chi connectivity index (χ1n) is 6.86. The van der Waals surface area contributed by atoms with E-state index in [1.54, 1.807) is 6.21 Å². The van der Waals surface area contributed by atoms with Crippen LogP contribution < -0.4 is 10.7 Å². The lowest BCUT2D eigenvalue weighted by Gasteiger charge is -2.06. The predicted octanol–water partition coefficient (Wildman–Crippen LogP) is 3.44. The molecule has 0 heterocycles. The van der Waals surface area contributed by atoms with Gasteiger partial charge in [-0.25, -0.2) is 0 Å². The van der Waals surface area contributed by atoms with Crippen LogP contribution in [-0.2, 0) is 0 Å². The van der Waals surface area contributed by atoms with Crippen LogP contribution in [0.15, 0.2) is 47.6 Å². The Morgan fingerprint density at radius 1 is 1.20 bits per heavy atom. The minimum Gasteiger partial charge on any atom is -0.361 e. The number of nitrogens with one attached hydrogen (secondary N) is 2. The molecule has 4 heteroatoms. The normalized spacial score (nSPS) is 10.8. The Morgan fingerprint density at radius 3 is 2.85 bits per heavy atom. The summed E-state index contributed by atoms with van der Waals surface area (Å²) >= 11 is 5.14. The third-order valence-corrected chi connectivity index (χ3v) is 3.24. The SMILES string of the molecule is CCCCNC(=S)NN=Cc1cccc2ccccc12. The minimum absolute atomic E-state index is 0.565. The molecule has 104 valence electrons. The number of nitrogens with zero attached hydrogens (tertiary/aromatic N) is 1. The number of thiocarbonyl (C=S) groups is 1. The summed E-state index contributed by atoms with van der Waals surface area (Å²) in [4.78, 5) is 0. The maximum Gasteiger partial charge on any atom is 0.186 e. The van der Waals surface area contributed by atoms with Crippen LogP contribution in [0.2, 0.25) is 0 Å². The van der Waals surface area contributed by atoms with Gasteiger partial charge in [-0.15, -0.1) is 0 Å². The summed E-state index contributed by atoms with van der Waals surface area (Å²) in [5.74, 6) is 0. The monoisotopic (exact) mass is 285 g/mol. The Hall–Kier alpha value is -1.94. The van der Waals surface area contributed by atoms with Crippen LogP contribution >= 0.6 is 12.2 Å². The van der Waals surface area contributed by atoms with Gasteiger partial charge in [0.15, 0.2) is 5.11 Å². The Morgan fingerprint density at radius 2 is 2.00 bits per heavy atom. The highest BCUT2D eigenvalue weighted by molar-refractivity contribution is 7.80. The molecule has 0 aliphatic heterocycles. The molecule has 0 radical (unpaired) electrons. The van der Waals surface area contributed by atoms with Crippen molar-refractivity contribution in [2.24, 2.45) is 5.10 Å². The molecule has 0 aliphatic carbocycles. The molecule has 20 heavy (non-hydrogen) atoms. The maximum atomic E-state index is 5.14. The number of unbranched alkanes of at least 4 members (excludes halogenated alkanes) is 1. The highest BCUT2D eigenvalue weighted by Crippen LogP contribution is 2.16. The molecule has 0 spiro atoms. The average molecular weight is 285 g/mol. The largest absolute Gasteiger partial charge is 0.361 e. The first-order valence-corrected chi connectivity index (χ1v) is 7.26. The van der Waals surface area contributed by atoms with Crippen LogP contribution in [0.3, 0.4) is 0 Å². The van der Waals surface area contributed by atoms with Gasteiger partial charge in [-0.3, -0.25) is 5.43 Å². The van der Waals surface area contributed by atoms with Crippen LogP contribution in [0.25, 0.3) is 10.8 Å². The van der Waals surface area contributed by atoms with Gasteiger partial charge in [-0.2, -0.15) is 5.10 Å². The summed E-state index contributed by atoms with van der Waals surface area (Å²) in [5, 5.41) is 10.3. The topological polar surface area (TPSA) is 36.4 Å². The third-order valence-electron chi connectivity index (χ3n) is 3.01. The van der Waals surface area contributed by atoms with E-state index in [4.69, 9.17) is 12.2 Å². The predicted molar refractivity (Wildman–Crippen MR) is 90.2 cm³/mol. The van der Waals surface area contributed by atoms with E-state index >= 15 is 0 Å². The first-order chi connectivity index (χ1) is 9.81. The molecule has 3 nitrogen and oxygen atoms in total. The highest BCUT2D eigenvalue weighted by Gasteiger charge is 1.97. The lowest BCUT2D eigenvalue weighted by atomic mass is 10.1. The van der Waals surface area contributed by atoms with Crippen molar-refractivity contribution in [3.05, 3.63) is 48.0 Å². The second-order valence-corrected chi connectivity index (χ2v) is 4.96. The molecular weight excluding hydrogens is 266 g/mol. The maximum absolute atomic E-state index is 5.14. The molecule has 2 N–H and O–H groups in total. The van der Waals surface area contributed by atoms with Gasteiger partial charge < -0.3 is 5.32 Å². The number of fused-ring (bicyclic) bond motifs is 1. The number of rotatable bonds is 5. The zero-order valence-electron chi connectivity index (χ0n) is 11.6. The van der Waals surface area contributed by atoms with Gasteiger partial charge in [0.2, 0.25) is 0 Å². The molecule has 0 saturated heterocycles. The van der Waals surface area contributed by atoms with Gasteiger partial charge in [0, 0.05) is 12.1 Å². The van der Waals surface area contributed by atoms with Crippen LogP contribution in [0.1, 0.15) is 25.3 Å². The van der Waals surface area contributed by atoms with Gasteiger partial charge in [-0.05, 0) is 29.4 Å². The van der Waals surface area contributed by atoms with Gasteiger partial charge in [0.1, 0.15) is 0 Å². The summed E-state index contributed by atoms with van der Waals surface area (Å²) in [6.45, 7) is 3.03. The van der Waals surface area contributed by atoms with Gasteiger partial charge in [0.25, 0.3) is 0 Å². The molecule has 2 aromatic rings. The summed E-state index contributed by atoms with van der Waals surface area (Å²) < 4.78 is 0. The van der Waals surface area contributed by atoms with Gasteiger partial charge >= 0.3 is 0 Å². The van der Waals surface area contributed by atoms with Crippen molar-refractivity contribution in [1.82, 2.24) is 10.7 Å². The standard InChI is InChI=1S/C16H19N3S/c1-2-3-11-17-16(20)19-18-12-14-9-6-8-13-7-4-5-10-15(13)14/h4-10,12H,2-3,11H2,1H3,(H2,17,19,20). The van der Waals surface area contributed by atoms with Crippen LogP contribution in [0.5, 0.6) is 0 Å². The van der Waals surface area contributed by atoms with E-state index in [2.05, 4.69) is 41.0 Å². The fraction of sp³-hybridized carbons (Fsp3) is 0.250. The molecule has 0 aromatic heterocycles. The summed E-state index contributed by atoms with van der Waals surface area (Å²) in [7, 11) is 0. The van der Waals surface area contributed by atoms with E-state index in [0.29, 0.717) is 5.11 Å². The van der Waals surface area contributed by atoms with E-state index in [0.717, 1.165) is 24.9 Å². The highest BCUT2D eigenvalue weighted by atomic mass is 32.1. The van der Waals surface area contributed by atoms with Crippen molar-refractivity contribution in [1.29, 1.82) is 0 Å². The summed E-state index contributed by atoms with van der Waals surface area (Å²) in [6, 6.07) is 14.4. The van der Waals surface area contributed by atoms with Crippen molar-refractivity contribution >= 4 is 34.3 Å². The molecule has 0 atom stereocenters. The molecule has 0 saturated carbocycles. The van der Waals surface area contributed by atoms with Crippen molar-refractivity contribution in [3.8, 4) is 0 Å². The Bertz CT molecular complexity index is 602. The van der Waals surface area contributed by atoms with Crippen molar-refractivity contribution < 1.29 is 0 Å². The van der Waals surface area contributed by atoms with Crippen LogP contribution in [0, 0.1) is 0 Å². The lowest BCUT2D eigenvalue weighted by Crippen LogP contribution is -2.32. The minimum atomic E-state index is 0.565. The zero-order chi connectivity index (χ0) is 14.2. The zero-order valence-corrected chi connectivity index (χ0v) is 12.4. The number of hydrogen-bond donors (Lipinski definition) is 2. The van der Waals surface area contributed by atoms with Gasteiger partial charge in [0.05, 0.1) is 6.21 Å². The molecule has 0 unspecified atom stereocenters.